The highest BCUT2D eigenvalue weighted by Crippen LogP contribution is 2.22. The maximum Gasteiger partial charge on any atom is 0.0412 e. The number of anilines is 1. The van der Waals surface area contributed by atoms with E-state index >= 15 is 0 Å². The molecular weight excluding hydrogens is 186 g/mol. The van der Waals surface area contributed by atoms with Crippen LogP contribution in [0.3, 0.4) is 0 Å². The first-order valence-electron chi connectivity index (χ1n) is 5.70. The van der Waals surface area contributed by atoms with Crippen LogP contribution in [0.4, 0.5) is 5.69 Å². The summed E-state index contributed by atoms with van der Waals surface area (Å²) in [5.41, 5.74) is 8.46. The molecule has 1 aliphatic carbocycles. The molecule has 0 aromatic carbocycles. The quantitative estimate of drug-likeness (QED) is 0.777. The fourth-order valence-corrected chi connectivity index (χ4v) is 2.17. The Balaban J connectivity index is 2.04. The van der Waals surface area contributed by atoms with Gasteiger partial charge in [-0.3, -0.25) is 4.98 Å². The molecule has 0 aliphatic heterocycles. The fraction of sp³-hybridized carbons (Fsp3) is 0.583. The zero-order valence-electron chi connectivity index (χ0n) is 9.24. The van der Waals surface area contributed by atoms with Gasteiger partial charge in [0.25, 0.3) is 0 Å². The van der Waals surface area contributed by atoms with Crippen LogP contribution in [0.15, 0.2) is 18.5 Å². The molecule has 1 saturated carbocycles. The predicted molar refractivity (Wildman–Crippen MR) is 62.8 cm³/mol. The van der Waals surface area contributed by atoms with Crippen molar-refractivity contribution in [3.05, 3.63) is 24.0 Å². The molecular formula is C12H19N3. The number of hydrogen-bond acceptors (Lipinski definition) is 3. The highest BCUT2D eigenvalue weighted by atomic mass is 15.0. The lowest BCUT2D eigenvalue weighted by Gasteiger charge is -2.30. The maximum absolute atomic E-state index is 6.10. The van der Waals surface area contributed by atoms with E-state index < -0.39 is 0 Å². The van der Waals surface area contributed by atoms with Gasteiger partial charge in [-0.25, -0.2) is 0 Å². The minimum absolute atomic E-state index is 0.298. The SMILES string of the molecule is Cc1cnccc1N[C@@H]1CCCC[C@H]1N. The summed E-state index contributed by atoms with van der Waals surface area (Å²) < 4.78 is 0. The number of aryl methyl sites for hydroxylation is 1. The van der Waals surface area contributed by atoms with Crippen molar-refractivity contribution in [1.82, 2.24) is 4.98 Å². The van der Waals surface area contributed by atoms with E-state index in [9.17, 15) is 0 Å². The van der Waals surface area contributed by atoms with Gasteiger partial charge in [0, 0.05) is 30.2 Å². The number of hydrogen-bond donors (Lipinski definition) is 2. The third-order valence-corrected chi connectivity index (χ3v) is 3.18. The molecule has 1 aromatic rings. The van der Waals surface area contributed by atoms with Crippen molar-refractivity contribution in [2.75, 3.05) is 5.32 Å². The largest absolute Gasteiger partial charge is 0.380 e. The lowest BCUT2D eigenvalue weighted by Crippen LogP contribution is -2.42. The van der Waals surface area contributed by atoms with Crippen LogP contribution in [0.5, 0.6) is 0 Å². The second kappa shape index (κ2) is 4.62. The molecule has 0 amide bonds. The normalized spacial score (nSPS) is 26.3. The van der Waals surface area contributed by atoms with Gasteiger partial charge in [-0.15, -0.1) is 0 Å². The van der Waals surface area contributed by atoms with Crippen LogP contribution in [0.1, 0.15) is 31.2 Å². The first-order valence-corrected chi connectivity index (χ1v) is 5.70. The number of nitrogens with zero attached hydrogens (tertiary/aromatic N) is 1. The molecule has 2 rings (SSSR count). The van der Waals surface area contributed by atoms with Crippen LogP contribution in [0.25, 0.3) is 0 Å². The number of rotatable bonds is 2. The standard InChI is InChI=1S/C12H19N3/c1-9-8-14-7-6-11(9)15-12-5-3-2-4-10(12)13/h6-8,10,12H,2-5,13H2,1H3,(H,14,15)/t10-,12-/m1/s1. The molecule has 1 aromatic heterocycles. The van der Waals surface area contributed by atoms with E-state index in [1.54, 1.807) is 0 Å². The van der Waals surface area contributed by atoms with Crippen molar-refractivity contribution in [2.24, 2.45) is 5.73 Å². The molecule has 0 bridgehead atoms. The fourth-order valence-electron chi connectivity index (χ4n) is 2.17. The van der Waals surface area contributed by atoms with Crippen LogP contribution in [-0.4, -0.2) is 17.1 Å². The predicted octanol–water partition coefficient (Wildman–Crippen LogP) is 2.07. The molecule has 1 aliphatic rings. The molecule has 0 spiro atoms. The molecule has 3 nitrogen and oxygen atoms in total. The zero-order chi connectivity index (χ0) is 10.7. The summed E-state index contributed by atoms with van der Waals surface area (Å²) in [6.45, 7) is 2.07. The topological polar surface area (TPSA) is 50.9 Å². The molecule has 0 saturated heterocycles. The summed E-state index contributed by atoms with van der Waals surface area (Å²) in [7, 11) is 0. The van der Waals surface area contributed by atoms with E-state index in [0.717, 1.165) is 6.42 Å². The Hall–Kier alpha value is -1.09. The summed E-state index contributed by atoms with van der Waals surface area (Å²) >= 11 is 0. The van der Waals surface area contributed by atoms with Gasteiger partial charge in [-0.05, 0) is 31.4 Å². The van der Waals surface area contributed by atoms with Gasteiger partial charge >= 0.3 is 0 Å². The summed E-state index contributed by atoms with van der Waals surface area (Å²) in [6, 6.07) is 2.75. The minimum Gasteiger partial charge on any atom is -0.380 e. The molecule has 15 heavy (non-hydrogen) atoms. The molecule has 0 radical (unpaired) electrons. The van der Waals surface area contributed by atoms with Crippen molar-refractivity contribution in [2.45, 2.75) is 44.7 Å². The van der Waals surface area contributed by atoms with E-state index in [0.29, 0.717) is 12.1 Å². The van der Waals surface area contributed by atoms with E-state index in [1.807, 2.05) is 18.5 Å². The van der Waals surface area contributed by atoms with Crippen LogP contribution in [0, 0.1) is 6.92 Å². The van der Waals surface area contributed by atoms with Gasteiger partial charge in [0.1, 0.15) is 0 Å². The number of nitrogens with two attached hydrogens (primary N) is 1. The summed E-state index contributed by atoms with van der Waals surface area (Å²) in [4.78, 5) is 4.09. The zero-order valence-corrected chi connectivity index (χ0v) is 9.24. The molecule has 82 valence electrons. The second-order valence-electron chi connectivity index (χ2n) is 4.39. The average Bonchev–Trinajstić information content (AvgIpc) is 2.24. The average molecular weight is 205 g/mol. The molecule has 3 heteroatoms. The Bertz CT molecular complexity index is 324. The van der Waals surface area contributed by atoms with Crippen molar-refractivity contribution >= 4 is 5.69 Å². The van der Waals surface area contributed by atoms with E-state index in [4.69, 9.17) is 5.73 Å². The minimum atomic E-state index is 0.298. The molecule has 1 fully saturated rings. The first kappa shape index (κ1) is 10.4. The van der Waals surface area contributed by atoms with Crippen LogP contribution >= 0.6 is 0 Å². The third-order valence-electron chi connectivity index (χ3n) is 3.18. The molecule has 1 heterocycles. The first-order chi connectivity index (χ1) is 7.27. The van der Waals surface area contributed by atoms with E-state index in [1.165, 1.54) is 30.5 Å². The molecule has 2 atom stereocenters. The summed E-state index contributed by atoms with van der Waals surface area (Å²) in [5.74, 6) is 0. The highest BCUT2D eigenvalue weighted by molar-refractivity contribution is 5.49. The van der Waals surface area contributed by atoms with Gasteiger partial charge in [-0.1, -0.05) is 12.8 Å². The Morgan fingerprint density at radius 2 is 2.20 bits per heavy atom. The van der Waals surface area contributed by atoms with E-state index in [-0.39, 0.29) is 0 Å². The van der Waals surface area contributed by atoms with Crippen molar-refractivity contribution in [3.8, 4) is 0 Å². The highest BCUT2D eigenvalue weighted by Gasteiger charge is 2.21. The third kappa shape index (κ3) is 2.48. The summed E-state index contributed by atoms with van der Waals surface area (Å²) in [5, 5.41) is 3.53. The monoisotopic (exact) mass is 205 g/mol. The molecule has 0 unspecified atom stereocenters. The number of aromatic nitrogens is 1. The van der Waals surface area contributed by atoms with Gasteiger partial charge in [0.05, 0.1) is 0 Å². The van der Waals surface area contributed by atoms with E-state index in [2.05, 4.69) is 17.2 Å². The Morgan fingerprint density at radius 1 is 1.40 bits per heavy atom. The van der Waals surface area contributed by atoms with Crippen molar-refractivity contribution in [1.29, 1.82) is 0 Å². The van der Waals surface area contributed by atoms with Gasteiger partial charge in [0.15, 0.2) is 0 Å². The van der Waals surface area contributed by atoms with Crippen LogP contribution in [-0.2, 0) is 0 Å². The Kier molecular flexibility index (Phi) is 3.21. The Morgan fingerprint density at radius 3 is 2.93 bits per heavy atom. The van der Waals surface area contributed by atoms with Crippen molar-refractivity contribution in [3.63, 3.8) is 0 Å². The summed E-state index contributed by atoms with van der Waals surface area (Å²) in [6.07, 6.45) is 8.59. The lowest BCUT2D eigenvalue weighted by molar-refractivity contribution is 0.404. The number of pyridine rings is 1. The maximum atomic E-state index is 6.10. The van der Waals surface area contributed by atoms with Crippen LogP contribution in [0.2, 0.25) is 0 Å². The van der Waals surface area contributed by atoms with Crippen LogP contribution < -0.4 is 11.1 Å². The second-order valence-corrected chi connectivity index (χ2v) is 4.39. The van der Waals surface area contributed by atoms with Gasteiger partial charge < -0.3 is 11.1 Å². The molecule has 3 N–H and O–H groups in total. The van der Waals surface area contributed by atoms with Gasteiger partial charge in [0.2, 0.25) is 0 Å². The smallest absolute Gasteiger partial charge is 0.0412 e. The Labute approximate surface area is 91.1 Å². The number of nitrogens with one attached hydrogen (secondary N) is 1. The lowest BCUT2D eigenvalue weighted by atomic mass is 9.91. The van der Waals surface area contributed by atoms with Crippen molar-refractivity contribution < 1.29 is 0 Å². The van der Waals surface area contributed by atoms with Gasteiger partial charge in [-0.2, -0.15) is 0 Å².